The van der Waals surface area contributed by atoms with E-state index in [0.29, 0.717) is 28.6 Å². The summed E-state index contributed by atoms with van der Waals surface area (Å²) in [5, 5.41) is 10.2. The van der Waals surface area contributed by atoms with Crippen LogP contribution in [-0.4, -0.2) is 25.7 Å². The number of nitrogens with one attached hydrogen (secondary N) is 3. The van der Waals surface area contributed by atoms with Gasteiger partial charge in [-0.15, -0.1) is 0 Å². The smallest absolute Gasteiger partial charge is 0.265 e. The highest BCUT2D eigenvalue weighted by atomic mass is 35.5. The maximum atomic E-state index is 12.5. The minimum Gasteiger partial charge on any atom is -0.314 e. The molecule has 3 N–H and O–H groups in total. The molecule has 0 radical (unpaired) electrons. The summed E-state index contributed by atoms with van der Waals surface area (Å²) in [6.07, 6.45) is 0. The SMILES string of the molecule is CNCc1n[nH]c(C)c1S(=O)(=O)Nc1ccc(Cl)c(Cl)c1. The average Bonchev–Trinajstić information content (AvgIpc) is 2.76. The zero-order valence-electron chi connectivity index (χ0n) is 11.4. The molecule has 0 aliphatic heterocycles. The number of sulfonamides is 1. The Morgan fingerprint density at radius 1 is 1.29 bits per heavy atom. The van der Waals surface area contributed by atoms with E-state index in [0.717, 1.165) is 0 Å². The quantitative estimate of drug-likeness (QED) is 0.774. The van der Waals surface area contributed by atoms with Crippen molar-refractivity contribution >= 4 is 38.9 Å². The molecule has 21 heavy (non-hydrogen) atoms. The van der Waals surface area contributed by atoms with Gasteiger partial charge in [0.1, 0.15) is 4.90 Å². The Balaban J connectivity index is 2.38. The van der Waals surface area contributed by atoms with Crippen LogP contribution >= 0.6 is 23.2 Å². The van der Waals surface area contributed by atoms with Gasteiger partial charge in [-0.3, -0.25) is 9.82 Å². The molecule has 0 spiro atoms. The van der Waals surface area contributed by atoms with Crippen LogP contribution in [0.25, 0.3) is 0 Å². The molecular weight excluding hydrogens is 335 g/mol. The molecule has 0 bridgehead atoms. The number of aromatic amines is 1. The largest absolute Gasteiger partial charge is 0.314 e. The van der Waals surface area contributed by atoms with Crippen LogP contribution in [0.2, 0.25) is 10.0 Å². The Morgan fingerprint density at radius 3 is 2.62 bits per heavy atom. The number of aryl methyl sites for hydroxylation is 1. The second-order valence-corrected chi connectivity index (χ2v) is 6.82. The summed E-state index contributed by atoms with van der Waals surface area (Å²) < 4.78 is 27.5. The molecule has 2 rings (SSSR count). The molecule has 114 valence electrons. The number of hydrogen-bond donors (Lipinski definition) is 3. The number of nitrogens with zero attached hydrogens (tertiary/aromatic N) is 1. The first-order chi connectivity index (χ1) is 9.85. The lowest BCUT2D eigenvalue weighted by Crippen LogP contribution is -2.17. The molecule has 0 fully saturated rings. The van der Waals surface area contributed by atoms with Crippen molar-refractivity contribution in [1.82, 2.24) is 15.5 Å². The molecule has 1 heterocycles. The molecule has 6 nitrogen and oxygen atoms in total. The van der Waals surface area contributed by atoms with Crippen molar-refractivity contribution in [1.29, 1.82) is 0 Å². The highest BCUT2D eigenvalue weighted by molar-refractivity contribution is 7.92. The van der Waals surface area contributed by atoms with Crippen LogP contribution in [0.1, 0.15) is 11.4 Å². The first-order valence-corrected chi connectivity index (χ1v) is 8.25. The van der Waals surface area contributed by atoms with Crippen LogP contribution in [0.5, 0.6) is 0 Å². The van der Waals surface area contributed by atoms with Crippen LogP contribution in [0.3, 0.4) is 0 Å². The van der Waals surface area contributed by atoms with Crippen molar-refractivity contribution in [2.75, 3.05) is 11.8 Å². The highest BCUT2D eigenvalue weighted by Gasteiger charge is 2.24. The van der Waals surface area contributed by atoms with E-state index in [9.17, 15) is 8.42 Å². The Hall–Kier alpha value is -1.28. The topological polar surface area (TPSA) is 86.9 Å². The third kappa shape index (κ3) is 3.49. The van der Waals surface area contributed by atoms with E-state index in [1.165, 1.54) is 12.1 Å². The molecule has 2 aromatic rings. The third-order valence-electron chi connectivity index (χ3n) is 2.75. The molecule has 0 saturated heterocycles. The summed E-state index contributed by atoms with van der Waals surface area (Å²) in [7, 11) is -2.05. The van der Waals surface area contributed by atoms with Gasteiger partial charge >= 0.3 is 0 Å². The van der Waals surface area contributed by atoms with E-state index in [4.69, 9.17) is 23.2 Å². The first-order valence-electron chi connectivity index (χ1n) is 6.01. The molecule has 0 aliphatic rings. The van der Waals surface area contributed by atoms with Gasteiger partial charge in [0.15, 0.2) is 0 Å². The average molecular weight is 349 g/mol. The summed E-state index contributed by atoms with van der Waals surface area (Å²) in [6, 6.07) is 4.52. The molecule has 0 unspecified atom stereocenters. The van der Waals surface area contributed by atoms with Crippen LogP contribution in [0.15, 0.2) is 23.1 Å². The number of hydrogen-bond acceptors (Lipinski definition) is 4. The lowest BCUT2D eigenvalue weighted by atomic mass is 10.3. The summed E-state index contributed by atoms with van der Waals surface area (Å²) in [5.74, 6) is 0. The minimum absolute atomic E-state index is 0.128. The fourth-order valence-corrected chi connectivity index (χ4v) is 3.59. The number of aromatic nitrogens is 2. The van der Waals surface area contributed by atoms with Crippen molar-refractivity contribution in [3.8, 4) is 0 Å². The summed E-state index contributed by atoms with van der Waals surface area (Å²) >= 11 is 11.7. The summed E-state index contributed by atoms with van der Waals surface area (Å²) in [4.78, 5) is 0.128. The van der Waals surface area contributed by atoms with Crippen molar-refractivity contribution in [2.45, 2.75) is 18.4 Å². The van der Waals surface area contributed by atoms with Crippen LogP contribution in [0, 0.1) is 6.92 Å². The molecule has 0 saturated carbocycles. The standard InChI is InChI=1S/C12H14Cl2N4O2S/c1-7-12(11(6-15-2)17-16-7)21(19,20)18-8-3-4-9(13)10(14)5-8/h3-5,15,18H,6H2,1-2H3,(H,16,17). The molecule has 9 heteroatoms. The Bertz CT molecular complexity index is 759. The van der Waals surface area contributed by atoms with Crippen molar-refractivity contribution in [3.63, 3.8) is 0 Å². The number of H-pyrrole nitrogens is 1. The number of halogens is 2. The van der Waals surface area contributed by atoms with E-state index in [-0.39, 0.29) is 9.92 Å². The van der Waals surface area contributed by atoms with E-state index in [1.807, 2.05) is 0 Å². The van der Waals surface area contributed by atoms with Gasteiger partial charge in [-0.25, -0.2) is 8.42 Å². The second-order valence-electron chi connectivity index (χ2n) is 4.39. The third-order valence-corrected chi connectivity index (χ3v) is 5.07. The van der Waals surface area contributed by atoms with Crippen molar-refractivity contribution < 1.29 is 8.42 Å². The fraction of sp³-hybridized carbons (Fsp3) is 0.250. The summed E-state index contributed by atoms with van der Waals surface area (Å²) in [6.45, 7) is 1.98. The molecule has 0 atom stereocenters. The lowest BCUT2D eigenvalue weighted by Gasteiger charge is -2.10. The maximum absolute atomic E-state index is 12.5. The van der Waals surface area contributed by atoms with Gasteiger partial charge in [-0.1, -0.05) is 23.2 Å². The first kappa shape index (κ1) is 16.1. The van der Waals surface area contributed by atoms with Gasteiger partial charge < -0.3 is 5.32 Å². The number of anilines is 1. The van der Waals surface area contributed by atoms with Gasteiger partial charge in [0.05, 0.1) is 27.1 Å². The van der Waals surface area contributed by atoms with Crippen LogP contribution in [0.4, 0.5) is 5.69 Å². The number of benzene rings is 1. The van der Waals surface area contributed by atoms with Gasteiger partial charge in [-0.2, -0.15) is 5.10 Å². The van der Waals surface area contributed by atoms with E-state index >= 15 is 0 Å². The molecule has 0 aliphatic carbocycles. The predicted octanol–water partition coefficient (Wildman–Crippen LogP) is 2.55. The molecular formula is C12H14Cl2N4O2S. The highest BCUT2D eigenvalue weighted by Crippen LogP contribution is 2.27. The maximum Gasteiger partial charge on any atom is 0.265 e. The Labute approximate surface area is 132 Å². The van der Waals surface area contributed by atoms with Gasteiger partial charge in [0, 0.05) is 6.54 Å². The Kier molecular flexibility index (Phi) is 4.77. The molecule has 1 aromatic heterocycles. The van der Waals surface area contributed by atoms with Gasteiger partial charge in [0.2, 0.25) is 0 Å². The zero-order chi connectivity index (χ0) is 15.6. The van der Waals surface area contributed by atoms with Gasteiger partial charge in [0.25, 0.3) is 10.0 Å². The van der Waals surface area contributed by atoms with Crippen LogP contribution < -0.4 is 10.0 Å². The van der Waals surface area contributed by atoms with E-state index < -0.39 is 10.0 Å². The normalized spacial score (nSPS) is 11.6. The van der Waals surface area contributed by atoms with E-state index in [2.05, 4.69) is 20.2 Å². The fourth-order valence-electron chi connectivity index (χ4n) is 1.88. The zero-order valence-corrected chi connectivity index (χ0v) is 13.7. The molecule has 0 amide bonds. The number of rotatable bonds is 5. The predicted molar refractivity (Wildman–Crippen MR) is 83.4 cm³/mol. The van der Waals surface area contributed by atoms with Crippen molar-refractivity contribution in [2.24, 2.45) is 0 Å². The van der Waals surface area contributed by atoms with Crippen molar-refractivity contribution in [3.05, 3.63) is 39.6 Å². The second kappa shape index (κ2) is 6.23. The Morgan fingerprint density at radius 2 is 2.00 bits per heavy atom. The minimum atomic E-state index is -3.77. The van der Waals surface area contributed by atoms with E-state index in [1.54, 1.807) is 20.0 Å². The monoisotopic (exact) mass is 348 g/mol. The van der Waals surface area contributed by atoms with Gasteiger partial charge in [-0.05, 0) is 32.2 Å². The summed E-state index contributed by atoms with van der Waals surface area (Å²) in [5.41, 5.74) is 1.22. The van der Waals surface area contributed by atoms with Crippen LogP contribution in [-0.2, 0) is 16.6 Å². The lowest BCUT2D eigenvalue weighted by molar-refractivity contribution is 0.598. The molecule has 1 aromatic carbocycles.